The average Bonchev–Trinajstić information content (AvgIpc) is 2.54. The summed E-state index contributed by atoms with van der Waals surface area (Å²) < 4.78 is 5.41. The smallest absolute Gasteiger partial charge is 0.129 e. The zero-order chi connectivity index (χ0) is 14.7. The van der Waals surface area contributed by atoms with E-state index in [1.54, 1.807) is 0 Å². The van der Waals surface area contributed by atoms with Crippen LogP contribution in [0.2, 0.25) is 0 Å². The summed E-state index contributed by atoms with van der Waals surface area (Å²) >= 11 is 0. The Labute approximate surface area is 125 Å². The molecule has 1 aliphatic rings. The number of ether oxygens (including phenoxy) is 1. The Hall–Kier alpha value is -1.65. The summed E-state index contributed by atoms with van der Waals surface area (Å²) in [4.78, 5) is 6.93. The lowest BCUT2D eigenvalue weighted by atomic mass is 10.00. The van der Waals surface area contributed by atoms with Gasteiger partial charge in [-0.05, 0) is 36.5 Å². The van der Waals surface area contributed by atoms with Gasteiger partial charge in [-0.2, -0.15) is 0 Å². The number of nitrogens with zero attached hydrogens (tertiary/aromatic N) is 2. The first-order valence-corrected chi connectivity index (χ1v) is 7.56. The van der Waals surface area contributed by atoms with Gasteiger partial charge < -0.3 is 14.7 Å². The standard InChI is InChI=1S/C17H22N2O2/c1-19(11-13-6-8-21-9-7-13)17-10-14(12-20)15-4-2-3-5-16(15)18-17/h2-5,10,13,20H,6-9,11-12H2,1H3. The lowest BCUT2D eigenvalue weighted by Crippen LogP contribution is -2.30. The number of hydrogen-bond acceptors (Lipinski definition) is 4. The van der Waals surface area contributed by atoms with Crippen LogP contribution in [0.25, 0.3) is 10.9 Å². The van der Waals surface area contributed by atoms with Crippen LogP contribution >= 0.6 is 0 Å². The third-order valence-electron chi connectivity index (χ3n) is 4.22. The van der Waals surface area contributed by atoms with Crippen LogP contribution in [0.3, 0.4) is 0 Å². The van der Waals surface area contributed by atoms with Crippen molar-refractivity contribution in [2.45, 2.75) is 19.4 Å². The van der Waals surface area contributed by atoms with E-state index < -0.39 is 0 Å². The molecule has 21 heavy (non-hydrogen) atoms. The van der Waals surface area contributed by atoms with Gasteiger partial charge >= 0.3 is 0 Å². The Kier molecular flexibility index (Phi) is 4.36. The highest BCUT2D eigenvalue weighted by Crippen LogP contribution is 2.24. The minimum Gasteiger partial charge on any atom is -0.392 e. The van der Waals surface area contributed by atoms with Gasteiger partial charge in [0.1, 0.15) is 5.82 Å². The number of aliphatic hydroxyl groups excluding tert-OH is 1. The molecule has 1 aliphatic heterocycles. The van der Waals surface area contributed by atoms with Crippen LogP contribution in [0, 0.1) is 5.92 Å². The zero-order valence-corrected chi connectivity index (χ0v) is 12.5. The van der Waals surface area contributed by atoms with E-state index in [4.69, 9.17) is 9.72 Å². The minimum atomic E-state index is 0.0428. The SMILES string of the molecule is CN(CC1CCOCC1)c1cc(CO)c2ccccc2n1. The van der Waals surface area contributed by atoms with E-state index in [0.29, 0.717) is 5.92 Å². The molecule has 1 aromatic carbocycles. The molecule has 2 aromatic rings. The third kappa shape index (κ3) is 3.17. The molecule has 3 rings (SSSR count). The number of anilines is 1. The number of hydrogen-bond donors (Lipinski definition) is 1. The lowest BCUT2D eigenvalue weighted by molar-refractivity contribution is 0.0685. The van der Waals surface area contributed by atoms with Crippen molar-refractivity contribution >= 4 is 16.7 Å². The molecule has 0 atom stereocenters. The molecule has 112 valence electrons. The average molecular weight is 286 g/mol. The second kappa shape index (κ2) is 6.41. The molecule has 0 saturated carbocycles. The van der Waals surface area contributed by atoms with Crippen molar-refractivity contribution in [1.82, 2.24) is 4.98 Å². The van der Waals surface area contributed by atoms with Gasteiger partial charge in [-0.15, -0.1) is 0 Å². The Morgan fingerprint density at radius 2 is 2.05 bits per heavy atom. The molecule has 1 aromatic heterocycles. The fourth-order valence-electron chi connectivity index (χ4n) is 2.97. The monoisotopic (exact) mass is 286 g/mol. The zero-order valence-electron chi connectivity index (χ0n) is 12.5. The van der Waals surface area contributed by atoms with Gasteiger partial charge in [0.05, 0.1) is 12.1 Å². The number of pyridine rings is 1. The van der Waals surface area contributed by atoms with E-state index in [2.05, 4.69) is 11.9 Å². The van der Waals surface area contributed by atoms with E-state index in [9.17, 15) is 5.11 Å². The first-order chi connectivity index (χ1) is 10.3. The van der Waals surface area contributed by atoms with Gasteiger partial charge in [0.25, 0.3) is 0 Å². The number of para-hydroxylation sites is 1. The second-order valence-electron chi connectivity index (χ2n) is 5.75. The van der Waals surface area contributed by atoms with Crippen LogP contribution in [0.15, 0.2) is 30.3 Å². The third-order valence-corrected chi connectivity index (χ3v) is 4.22. The van der Waals surface area contributed by atoms with Gasteiger partial charge in [-0.3, -0.25) is 0 Å². The van der Waals surface area contributed by atoms with Gasteiger partial charge in [-0.1, -0.05) is 18.2 Å². The van der Waals surface area contributed by atoms with E-state index in [-0.39, 0.29) is 6.61 Å². The van der Waals surface area contributed by atoms with E-state index >= 15 is 0 Å². The number of benzene rings is 1. The molecule has 1 N–H and O–H groups in total. The van der Waals surface area contributed by atoms with Crippen molar-refractivity contribution < 1.29 is 9.84 Å². The largest absolute Gasteiger partial charge is 0.392 e. The Morgan fingerprint density at radius 1 is 1.29 bits per heavy atom. The van der Waals surface area contributed by atoms with Gasteiger partial charge in [0.15, 0.2) is 0 Å². The molecule has 1 saturated heterocycles. The molecule has 0 amide bonds. The highest BCUT2D eigenvalue weighted by molar-refractivity contribution is 5.84. The van der Waals surface area contributed by atoms with Crippen LogP contribution in [0.1, 0.15) is 18.4 Å². The molecule has 0 aliphatic carbocycles. The summed E-state index contributed by atoms with van der Waals surface area (Å²) in [5.41, 5.74) is 1.88. The summed E-state index contributed by atoms with van der Waals surface area (Å²) in [6.45, 7) is 2.76. The fourth-order valence-corrected chi connectivity index (χ4v) is 2.97. The molecule has 4 heteroatoms. The Bertz CT molecular complexity index is 609. The fraction of sp³-hybridized carbons (Fsp3) is 0.471. The summed E-state index contributed by atoms with van der Waals surface area (Å²) in [6.07, 6.45) is 2.23. The van der Waals surface area contributed by atoms with Crippen molar-refractivity contribution in [2.75, 3.05) is 31.7 Å². The summed E-state index contributed by atoms with van der Waals surface area (Å²) in [5.74, 6) is 1.60. The van der Waals surface area contributed by atoms with Crippen LogP contribution in [0.5, 0.6) is 0 Å². The Balaban J connectivity index is 1.85. The van der Waals surface area contributed by atoms with Crippen molar-refractivity contribution in [2.24, 2.45) is 5.92 Å². The molecule has 4 nitrogen and oxygen atoms in total. The summed E-state index contributed by atoms with van der Waals surface area (Å²) in [5, 5.41) is 10.6. The predicted octanol–water partition coefficient (Wildman–Crippen LogP) is 2.59. The normalized spacial score (nSPS) is 16.3. The maximum atomic E-state index is 9.60. The quantitative estimate of drug-likeness (QED) is 0.938. The maximum Gasteiger partial charge on any atom is 0.129 e. The van der Waals surface area contributed by atoms with Gasteiger partial charge in [-0.25, -0.2) is 4.98 Å². The molecule has 2 heterocycles. The number of rotatable bonds is 4. The number of fused-ring (bicyclic) bond motifs is 1. The van der Waals surface area contributed by atoms with Crippen molar-refractivity contribution in [3.8, 4) is 0 Å². The minimum absolute atomic E-state index is 0.0428. The van der Waals surface area contributed by atoms with Gasteiger partial charge in [0, 0.05) is 32.2 Å². The van der Waals surface area contributed by atoms with Gasteiger partial charge in [0.2, 0.25) is 0 Å². The molecule has 0 unspecified atom stereocenters. The van der Waals surface area contributed by atoms with Crippen molar-refractivity contribution in [1.29, 1.82) is 0 Å². The number of aliphatic hydroxyl groups is 1. The topological polar surface area (TPSA) is 45.6 Å². The Morgan fingerprint density at radius 3 is 2.81 bits per heavy atom. The van der Waals surface area contributed by atoms with Crippen molar-refractivity contribution in [3.63, 3.8) is 0 Å². The van der Waals surface area contributed by atoms with Crippen LogP contribution in [-0.4, -0.2) is 36.9 Å². The summed E-state index contributed by atoms with van der Waals surface area (Å²) in [6, 6.07) is 9.98. The number of aromatic nitrogens is 1. The first kappa shape index (κ1) is 14.3. The van der Waals surface area contributed by atoms with Crippen molar-refractivity contribution in [3.05, 3.63) is 35.9 Å². The highest BCUT2D eigenvalue weighted by atomic mass is 16.5. The molecule has 1 fully saturated rings. The van der Waals surface area contributed by atoms with Crippen LogP contribution < -0.4 is 4.90 Å². The molecular weight excluding hydrogens is 264 g/mol. The second-order valence-corrected chi connectivity index (χ2v) is 5.75. The van der Waals surface area contributed by atoms with Crippen LogP contribution in [0.4, 0.5) is 5.82 Å². The molecule has 0 bridgehead atoms. The van der Waals surface area contributed by atoms with E-state index in [1.807, 2.05) is 30.3 Å². The summed E-state index contributed by atoms with van der Waals surface area (Å²) in [7, 11) is 2.08. The highest BCUT2D eigenvalue weighted by Gasteiger charge is 2.17. The maximum absolute atomic E-state index is 9.60. The molecule has 0 spiro atoms. The van der Waals surface area contributed by atoms with E-state index in [0.717, 1.165) is 54.9 Å². The molecule has 0 radical (unpaired) electrons. The van der Waals surface area contributed by atoms with E-state index in [1.165, 1.54) is 0 Å². The lowest BCUT2D eigenvalue weighted by Gasteiger charge is -2.28. The predicted molar refractivity (Wildman–Crippen MR) is 84.5 cm³/mol. The van der Waals surface area contributed by atoms with Crippen LogP contribution in [-0.2, 0) is 11.3 Å². The molecular formula is C17H22N2O2. The first-order valence-electron chi connectivity index (χ1n) is 7.56.